The van der Waals surface area contributed by atoms with Crippen molar-refractivity contribution in [3.8, 4) is 0 Å². The summed E-state index contributed by atoms with van der Waals surface area (Å²) >= 11 is 4.89. The topological polar surface area (TPSA) is 61.9 Å². The van der Waals surface area contributed by atoms with Crippen LogP contribution in [0.15, 0.2) is 34.1 Å². The number of nitrogens with zero attached hydrogens (tertiary/aromatic N) is 3. The minimum atomic E-state index is 0.154. The average molecular weight is 377 g/mol. The number of thioether (sulfide) groups is 1. The molecule has 0 aromatic carbocycles. The number of nitrogens with one attached hydrogen (secondary N) is 1. The van der Waals surface area contributed by atoms with Crippen LogP contribution in [0.5, 0.6) is 0 Å². The van der Waals surface area contributed by atoms with Crippen LogP contribution >= 0.6 is 34.4 Å². The second-order valence-electron chi connectivity index (χ2n) is 5.54. The molecule has 124 valence electrons. The van der Waals surface area contributed by atoms with Crippen molar-refractivity contribution in [3.05, 3.63) is 50.1 Å². The fraction of sp³-hybridized carbons (Fsp3) is 0.312. The molecule has 4 rings (SSSR count). The minimum Gasteiger partial charge on any atom is -0.337 e. The number of thiophene rings is 2. The number of aromatic amines is 1. The van der Waals surface area contributed by atoms with Gasteiger partial charge in [-0.1, -0.05) is 17.8 Å². The maximum atomic E-state index is 12.4. The Balaban J connectivity index is 1.31. The van der Waals surface area contributed by atoms with E-state index in [0.717, 1.165) is 31.8 Å². The molecule has 0 unspecified atom stereocenters. The normalized spacial score (nSPS) is 13.9. The second kappa shape index (κ2) is 7.08. The molecule has 1 aliphatic rings. The second-order valence-corrected chi connectivity index (χ2v) is 8.52. The van der Waals surface area contributed by atoms with Crippen molar-refractivity contribution in [1.29, 1.82) is 0 Å². The maximum Gasteiger partial charge on any atom is 0.233 e. The van der Waals surface area contributed by atoms with Gasteiger partial charge in [-0.25, -0.2) is 4.98 Å². The summed E-state index contributed by atoms with van der Waals surface area (Å²) in [6.45, 7) is 1.54. The van der Waals surface area contributed by atoms with Gasteiger partial charge in [0.15, 0.2) is 0 Å². The summed E-state index contributed by atoms with van der Waals surface area (Å²) in [6, 6.07) is 6.24. The highest BCUT2D eigenvalue weighted by Crippen LogP contribution is 2.25. The molecule has 8 heteroatoms. The molecule has 0 aliphatic carbocycles. The van der Waals surface area contributed by atoms with E-state index in [1.54, 1.807) is 22.7 Å². The lowest BCUT2D eigenvalue weighted by molar-refractivity contribution is -0.129. The zero-order valence-electron chi connectivity index (χ0n) is 12.9. The molecule has 3 aromatic rings. The van der Waals surface area contributed by atoms with Crippen molar-refractivity contribution >= 4 is 40.3 Å². The van der Waals surface area contributed by atoms with Gasteiger partial charge >= 0.3 is 0 Å². The van der Waals surface area contributed by atoms with Gasteiger partial charge in [-0.2, -0.15) is 0 Å². The van der Waals surface area contributed by atoms with Crippen LogP contribution < -0.4 is 0 Å². The molecule has 4 heterocycles. The maximum absolute atomic E-state index is 12.4. The Morgan fingerprint density at radius 2 is 2.29 bits per heavy atom. The van der Waals surface area contributed by atoms with Crippen LogP contribution in [-0.2, 0) is 24.2 Å². The first-order valence-electron chi connectivity index (χ1n) is 7.67. The largest absolute Gasteiger partial charge is 0.337 e. The fourth-order valence-electron chi connectivity index (χ4n) is 2.68. The molecule has 1 N–H and O–H groups in total. The lowest BCUT2D eigenvalue weighted by Gasteiger charge is -2.26. The third-order valence-electron chi connectivity index (χ3n) is 3.92. The van der Waals surface area contributed by atoms with Crippen LogP contribution in [0.4, 0.5) is 0 Å². The van der Waals surface area contributed by atoms with Crippen LogP contribution in [0, 0.1) is 0 Å². The third-order valence-corrected chi connectivity index (χ3v) is 6.65. The summed E-state index contributed by atoms with van der Waals surface area (Å²) in [5.74, 6) is 1.38. The zero-order valence-corrected chi connectivity index (χ0v) is 15.3. The van der Waals surface area contributed by atoms with E-state index in [1.165, 1.54) is 27.1 Å². The van der Waals surface area contributed by atoms with Gasteiger partial charge in [0, 0.05) is 29.3 Å². The van der Waals surface area contributed by atoms with Gasteiger partial charge in [0.1, 0.15) is 5.82 Å². The molecule has 0 atom stereocenters. The smallest absolute Gasteiger partial charge is 0.233 e. The predicted molar refractivity (Wildman–Crippen MR) is 97.7 cm³/mol. The van der Waals surface area contributed by atoms with Gasteiger partial charge in [0.25, 0.3) is 0 Å². The van der Waals surface area contributed by atoms with E-state index in [1.807, 2.05) is 11.0 Å². The Morgan fingerprint density at radius 1 is 1.33 bits per heavy atom. The van der Waals surface area contributed by atoms with Crippen molar-refractivity contribution in [3.63, 3.8) is 0 Å². The molecule has 0 radical (unpaired) electrons. The molecule has 0 fully saturated rings. The number of carbonyl (C=O) groups excluding carboxylic acids is 1. The number of fused-ring (bicyclic) bond motifs is 1. The number of hydrogen-bond acceptors (Lipinski definition) is 6. The monoisotopic (exact) mass is 376 g/mol. The first-order chi connectivity index (χ1) is 11.8. The van der Waals surface area contributed by atoms with Gasteiger partial charge in [-0.15, -0.1) is 27.8 Å². The Labute approximate surface area is 152 Å². The molecular weight excluding hydrogens is 360 g/mol. The zero-order chi connectivity index (χ0) is 16.4. The fourth-order valence-corrected chi connectivity index (χ4v) is 5.00. The number of H-pyrrole nitrogens is 1. The Bertz CT molecular complexity index is 824. The first kappa shape index (κ1) is 15.9. The highest BCUT2D eigenvalue weighted by atomic mass is 32.2. The minimum absolute atomic E-state index is 0.154. The van der Waals surface area contributed by atoms with Crippen LogP contribution in [0.2, 0.25) is 0 Å². The summed E-state index contributed by atoms with van der Waals surface area (Å²) < 4.78 is 0. The quantitative estimate of drug-likeness (QED) is 0.695. The van der Waals surface area contributed by atoms with E-state index < -0.39 is 0 Å². The summed E-state index contributed by atoms with van der Waals surface area (Å²) in [6.07, 6.45) is 1.72. The molecule has 0 saturated heterocycles. The standard InChI is InChI=1S/C16H16N4OS3/c21-15(20-5-3-13-11(9-20)4-7-23-13)10-24-16-17-14(18-19-16)8-12-2-1-6-22-12/h1-2,4,6-7H,3,5,8-10H2,(H,17,18,19). The third kappa shape index (κ3) is 3.55. The number of rotatable bonds is 5. The molecule has 0 spiro atoms. The Morgan fingerprint density at radius 3 is 3.17 bits per heavy atom. The van der Waals surface area contributed by atoms with E-state index in [4.69, 9.17) is 0 Å². The van der Waals surface area contributed by atoms with Crippen LogP contribution in [0.25, 0.3) is 0 Å². The van der Waals surface area contributed by atoms with Gasteiger partial charge in [0.2, 0.25) is 11.1 Å². The predicted octanol–water partition coefficient (Wildman–Crippen LogP) is 3.20. The average Bonchev–Trinajstić information content (AvgIpc) is 3.34. The number of hydrogen-bond donors (Lipinski definition) is 1. The number of carbonyl (C=O) groups is 1. The molecule has 3 aromatic heterocycles. The van der Waals surface area contributed by atoms with E-state index >= 15 is 0 Å². The summed E-state index contributed by atoms with van der Waals surface area (Å²) in [4.78, 5) is 21.5. The summed E-state index contributed by atoms with van der Waals surface area (Å²) in [5.41, 5.74) is 1.29. The van der Waals surface area contributed by atoms with E-state index in [9.17, 15) is 4.79 Å². The van der Waals surface area contributed by atoms with Crippen LogP contribution in [-0.4, -0.2) is 38.3 Å². The summed E-state index contributed by atoms with van der Waals surface area (Å²) in [7, 11) is 0. The van der Waals surface area contributed by atoms with E-state index in [2.05, 4.69) is 38.1 Å². The Hall–Kier alpha value is -1.64. The number of aromatic nitrogens is 3. The van der Waals surface area contributed by atoms with Gasteiger partial charge in [0.05, 0.1) is 5.75 Å². The van der Waals surface area contributed by atoms with Crippen molar-refractivity contribution in [1.82, 2.24) is 20.1 Å². The Kier molecular flexibility index (Phi) is 4.68. The lowest BCUT2D eigenvalue weighted by Crippen LogP contribution is -2.36. The molecule has 0 saturated carbocycles. The molecule has 0 bridgehead atoms. The van der Waals surface area contributed by atoms with Crippen molar-refractivity contribution < 1.29 is 4.79 Å². The van der Waals surface area contributed by atoms with Crippen molar-refractivity contribution in [2.45, 2.75) is 24.5 Å². The van der Waals surface area contributed by atoms with Gasteiger partial charge in [-0.3, -0.25) is 9.89 Å². The van der Waals surface area contributed by atoms with Crippen LogP contribution in [0.3, 0.4) is 0 Å². The highest BCUT2D eigenvalue weighted by Gasteiger charge is 2.21. The van der Waals surface area contributed by atoms with Crippen molar-refractivity contribution in [2.75, 3.05) is 12.3 Å². The van der Waals surface area contributed by atoms with E-state index in [0.29, 0.717) is 10.9 Å². The van der Waals surface area contributed by atoms with E-state index in [-0.39, 0.29) is 5.91 Å². The molecule has 5 nitrogen and oxygen atoms in total. The molecular formula is C16H16N4OS3. The van der Waals surface area contributed by atoms with Crippen LogP contribution in [0.1, 0.15) is 21.1 Å². The molecule has 24 heavy (non-hydrogen) atoms. The first-order valence-corrected chi connectivity index (χ1v) is 10.4. The molecule has 1 aliphatic heterocycles. The highest BCUT2D eigenvalue weighted by molar-refractivity contribution is 7.99. The lowest BCUT2D eigenvalue weighted by atomic mass is 10.1. The number of amides is 1. The van der Waals surface area contributed by atoms with Crippen molar-refractivity contribution in [2.24, 2.45) is 0 Å². The summed E-state index contributed by atoms with van der Waals surface area (Å²) in [5, 5.41) is 12.0. The SMILES string of the molecule is O=C(CSc1n[nH]c(Cc2cccs2)n1)N1CCc2sccc2C1. The van der Waals surface area contributed by atoms with Gasteiger partial charge < -0.3 is 4.90 Å². The van der Waals surface area contributed by atoms with Gasteiger partial charge in [-0.05, 0) is 34.9 Å². The molecule has 1 amide bonds.